The van der Waals surface area contributed by atoms with Crippen molar-refractivity contribution in [1.82, 2.24) is 35.0 Å². The van der Waals surface area contributed by atoms with Crippen molar-refractivity contribution in [3.05, 3.63) is 51.1 Å². The van der Waals surface area contributed by atoms with E-state index in [0.29, 0.717) is 12.1 Å². The first-order valence-electron chi connectivity index (χ1n) is 13.0. The highest BCUT2D eigenvalue weighted by atomic mass is 16.1. The molecule has 3 aromatic rings. The number of fused-ring (bicyclic) bond motifs is 2. The van der Waals surface area contributed by atoms with Crippen molar-refractivity contribution in [2.45, 2.75) is 76.9 Å². The van der Waals surface area contributed by atoms with Gasteiger partial charge in [-0.3, -0.25) is 14.6 Å². The summed E-state index contributed by atoms with van der Waals surface area (Å²) in [6.07, 6.45) is 8.40. The minimum absolute atomic E-state index is 0.0328. The zero-order valence-corrected chi connectivity index (χ0v) is 20.3. The summed E-state index contributed by atoms with van der Waals surface area (Å²) in [6, 6.07) is 6.98. The minimum Gasteiger partial charge on any atom is -0.322 e. The molecule has 1 aliphatic carbocycles. The fourth-order valence-corrected chi connectivity index (χ4v) is 6.61. The summed E-state index contributed by atoms with van der Waals surface area (Å²) in [5.41, 5.74) is 3.96. The summed E-state index contributed by atoms with van der Waals surface area (Å²) in [4.78, 5) is 21.9. The van der Waals surface area contributed by atoms with Gasteiger partial charge in [-0.15, -0.1) is 5.10 Å². The van der Waals surface area contributed by atoms with Crippen molar-refractivity contribution in [3.63, 3.8) is 0 Å². The normalized spacial score (nSPS) is 23.4. The molecule has 2 aliphatic heterocycles. The summed E-state index contributed by atoms with van der Waals surface area (Å²) in [7, 11) is 0. The standard InChI is InChI=1S/C26H35N7O/c1-17-13-18(2)21-15-22(26(34)27-23(21)14-17)24(32-12-11-31-10-6-9-20(31)16-32)25-28-29-30-33(25)19-7-4-3-5-8-19/h13-15,19-20,24H,3-12,16H2,1-2H3,(H,27,34)/t20-,24-/m1/s1. The molecule has 6 rings (SSSR count). The van der Waals surface area contributed by atoms with E-state index in [-0.39, 0.29) is 11.6 Å². The molecule has 0 unspecified atom stereocenters. The Bertz CT molecular complexity index is 1240. The van der Waals surface area contributed by atoms with E-state index in [9.17, 15) is 4.79 Å². The summed E-state index contributed by atoms with van der Waals surface area (Å²) in [5.74, 6) is 0.827. The lowest BCUT2D eigenvalue weighted by molar-refractivity contribution is 0.0778. The van der Waals surface area contributed by atoms with Crippen LogP contribution in [0.3, 0.4) is 0 Å². The number of tetrazole rings is 1. The van der Waals surface area contributed by atoms with Gasteiger partial charge >= 0.3 is 0 Å². The molecular formula is C26H35N7O. The van der Waals surface area contributed by atoms with E-state index < -0.39 is 0 Å². The van der Waals surface area contributed by atoms with Gasteiger partial charge in [-0.1, -0.05) is 25.3 Å². The number of rotatable bonds is 4. The second-order valence-corrected chi connectivity index (χ2v) is 10.6. The molecule has 0 spiro atoms. The molecule has 1 aromatic carbocycles. The molecule has 0 bridgehead atoms. The van der Waals surface area contributed by atoms with Gasteiger partial charge in [-0.2, -0.15) is 0 Å². The lowest BCUT2D eigenvalue weighted by atomic mass is 9.94. The Morgan fingerprint density at radius 3 is 2.65 bits per heavy atom. The zero-order chi connectivity index (χ0) is 23.2. The van der Waals surface area contributed by atoms with E-state index in [0.717, 1.165) is 60.3 Å². The number of nitrogens with one attached hydrogen (secondary N) is 1. The van der Waals surface area contributed by atoms with E-state index in [1.54, 1.807) is 0 Å². The quantitative estimate of drug-likeness (QED) is 0.640. The Morgan fingerprint density at radius 2 is 1.79 bits per heavy atom. The minimum atomic E-state index is -0.242. The van der Waals surface area contributed by atoms with Crippen LogP contribution in [0.5, 0.6) is 0 Å². The third-order valence-electron chi connectivity index (χ3n) is 8.30. The van der Waals surface area contributed by atoms with E-state index in [4.69, 9.17) is 0 Å². The van der Waals surface area contributed by atoms with Crippen LogP contribution in [0.1, 0.15) is 79.5 Å². The SMILES string of the molecule is Cc1cc(C)c2cc([C@H](c3nnnn3C3CCCCC3)N3CCN4CCC[C@@H]4C3)c(=O)[nH]c2c1. The molecule has 8 nitrogen and oxygen atoms in total. The summed E-state index contributed by atoms with van der Waals surface area (Å²) in [6.45, 7) is 8.29. The van der Waals surface area contributed by atoms with Gasteiger partial charge < -0.3 is 4.98 Å². The number of H-pyrrole nitrogens is 1. The molecule has 8 heteroatoms. The van der Waals surface area contributed by atoms with Crippen molar-refractivity contribution in [1.29, 1.82) is 0 Å². The molecule has 4 heterocycles. The Balaban J connectivity index is 1.48. The Labute approximate surface area is 200 Å². The van der Waals surface area contributed by atoms with E-state index in [1.807, 2.05) is 0 Å². The van der Waals surface area contributed by atoms with Crippen LogP contribution >= 0.6 is 0 Å². The first-order chi connectivity index (χ1) is 16.6. The van der Waals surface area contributed by atoms with Crippen LogP contribution < -0.4 is 5.56 Å². The van der Waals surface area contributed by atoms with E-state index in [1.165, 1.54) is 44.2 Å². The molecule has 2 atom stereocenters. The number of piperazine rings is 1. The second kappa shape index (κ2) is 8.89. The number of hydrogen-bond donors (Lipinski definition) is 1. The number of aromatic amines is 1. The maximum absolute atomic E-state index is 13.6. The molecule has 3 aliphatic rings. The van der Waals surface area contributed by atoms with Crippen molar-refractivity contribution in [3.8, 4) is 0 Å². The zero-order valence-electron chi connectivity index (χ0n) is 20.3. The van der Waals surface area contributed by atoms with Gasteiger partial charge in [0.1, 0.15) is 6.04 Å². The lowest BCUT2D eigenvalue weighted by Gasteiger charge is -2.41. The van der Waals surface area contributed by atoms with E-state index in [2.05, 4.69) is 67.0 Å². The van der Waals surface area contributed by atoms with Crippen LogP contribution in [0.4, 0.5) is 0 Å². The monoisotopic (exact) mass is 461 g/mol. The molecular weight excluding hydrogens is 426 g/mol. The molecule has 2 saturated heterocycles. The van der Waals surface area contributed by atoms with Gasteiger partial charge in [-0.25, -0.2) is 4.68 Å². The fourth-order valence-electron chi connectivity index (χ4n) is 6.61. The maximum atomic E-state index is 13.6. The highest BCUT2D eigenvalue weighted by Crippen LogP contribution is 2.35. The van der Waals surface area contributed by atoms with Gasteiger partial charge in [0.05, 0.1) is 6.04 Å². The van der Waals surface area contributed by atoms with Crippen molar-refractivity contribution < 1.29 is 0 Å². The number of aryl methyl sites for hydroxylation is 2. The third-order valence-corrected chi connectivity index (χ3v) is 8.30. The second-order valence-electron chi connectivity index (χ2n) is 10.6. The van der Waals surface area contributed by atoms with Crippen LogP contribution in [-0.2, 0) is 0 Å². The van der Waals surface area contributed by atoms with Crippen LogP contribution in [0.2, 0.25) is 0 Å². The summed E-state index contributed by atoms with van der Waals surface area (Å²) >= 11 is 0. The molecule has 34 heavy (non-hydrogen) atoms. The van der Waals surface area contributed by atoms with Gasteiger partial charge in [0.2, 0.25) is 0 Å². The third kappa shape index (κ3) is 3.86. The van der Waals surface area contributed by atoms with Gasteiger partial charge in [-0.05, 0) is 79.8 Å². The van der Waals surface area contributed by atoms with Crippen molar-refractivity contribution >= 4 is 10.9 Å². The molecule has 0 amide bonds. The molecule has 1 saturated carbocycles. The summed E-state index contributed by atoms with van der Waals surface area (Å²) in [5, 5.41) is 14.3. The average Bonchev–Trinajstić information content (AvgIpc) is 3.50. The van der Waals surface area contributed by atoms with Crippen molar-refractivity contribution in [2.75, 3.05) is 26.2 Å². The van der Waals surface area contributed by atoms with Crippen LogP contribution in [-0.4, -0.2) is 67.2 Å². The Kier molecular flexibility index (Phi) is 5.73. The van der Waals surface area contributed by atoms with Gasteiger partial charge in [0, 0.05) is 42.1 Å². The molecule has 3 fully saturated rings. The first kappa shape index (κ1) is 21.9. The number of nitrogens with zero attached hydrogens (tertiary/aromatic N) is 6. The van der Waals surface area contributed by atoms with Crippen molar-refractivity contribution in [2.24, 2.45) is 0 Å². The molecule has 1 N–H and O–H groups in total. The molecule has 180 valence electrons. The fraction of sp³-hybridized carbons (Fsp3) is 0.615. The number of pyridine rings is 1. The predicted octanol–water partition coefficient (Wildman–Crippen LogP) is 3.51. The summed E-state index contributed by atoms with van der Waals surface area (Å²) < 4.78 is 2.05. The number of aromatic nitrogens is 5. The number of benzene rings is 1. The van der Waals surface area contributed by atoms with Crippen LogP contribution in [0, 0.1) is 13.8 Å². The highest BCUT2D eigenvalue weighted by molar-refractivity contribution is 5.83. The highest BCUT2D eigenvalue weighted by Gasteiger charge is 2.38. The molecule has 0 radical (unpaired) electrons. The van der Waals surface area contributed by atoms with E-state index >= 15 is 0 Å². The topological polar surface area (TPSA) is 82.9 Å². The Morgan fingerprint density at radius 1 is 0.971 bits per heavy atom. The Hall–Kier alpha value is -2.58. The first-order valence-corrected chi connectivity index (χ1v) is 13.0. The van der Waals surface area contributed by atoms with Crippen LogP contribution in [0.25, 0.3) is 10.9 Å². The molecule has 2 aromatic heterocycles. The number of hydrogen-bond acceptors (Lipinski definition) is 6. The van der Waals surface area contributed by atoms with Gasteiger partial charge in [0.15, 0.2) is 5.82 Å². The van der Waals surface area contributed by atoms with Gasteiger partial charge in [0.25, 0.3) is 5.56 Å². The average molecular weight is 462 g/mol. The predicted molar refractivity (Wildman–Crippen MR) is 132 cm³/mol. The smallest absolute Gasteiger partial charge is 0.253 e. The maximum Gasteiger partial charge on any atom is 0.253 e. The largest absolute Gasteiger partial charge is 0.322 e. The lowest BCUT2D eigenvalue weighted by Crippen LogP contribution is -2.52. The van der Waals surface area contributed by atoms with Crippen LogP contribution in [0.15, 0.2) is 23.0 Å².